The van der Waals surface area contributed by atoms with E-state index in [-0.39, 0.29) is 12.0 Å². The number of fused-ring (bicyclic) bond motifs is 2. The van der Waals surface area contributed by atoms with E-state index >= 15 is 0 Å². The number of amides is 2. The molecule has 1 aliphatic heterocycles. The van der Waals surface area contributed by atoms with Gasteiger partial charge in [0, 0.05) is 32.6 Å². The number of carbonyl (C=O) groups is 2. The largest absolute Gasteiger partial charge is 0.450 e. The lowest BCUT2D eigenvalue weighted by molar-refractivity contribution is 0.102. The number of nitrogens with one attached hydrogen (secondary N) is 1. The second kappa shape index (κ2) is 9.54. The number of para-hydroxylation sites is 1. The quantitative estimate of drug-likeness (QED) is 0.304. The summed E-state index contributed by atoms with van der Waals surface area (Å²) in [6.45, 7) is 3.08. The third-order valence-corrected chi connectivity index (χ3v) is 8.06. The first-order valence-corrected chi connectivity index (χ1v) is 13.0. The van der Waals surface area contributed by atoms with Gasteiger partial charge in [-0.1, -0.05) is 35.3 Å². The van der Waals surface area contributed by atoms with E-state index in [4.69, 9.17) is 32.9 Å². The molecule has 0 saturated carbocycles. The molecule has 10 heteroatoms. The van der Waals surface area contributed by atoms with Crippen molar-refractivity contribution in [3.8, 4) is 10.6 Å². The van der Waals surface area contributed by atoms with Gasteiger partial charge >= 0.3 is 6.09 Å². The highest BCUT2D eigenvalue weighted by molar-refractivity contribution is 7.23. The summed E-state index contributed by atoms with van der Waals surface area (Å²) in [6.07, 6.45) is 0.316. The molecule has 0 spiro atoms. The topological polar surface area (TPSA) is 71.5 Å². The predicted molar refractivity (Wildman–Crippen MR) is 138 cm³/mol. The summed E-state index contributed by atoms with van der Waals surface area (Å²) in [7, 11) is 0. The first-order chi connectivity index (χ1) is 16.4. The summed E-state index contributed by atoms with van der Waals surface area (Å²) in [4.78, 5) is 33.0. The number of thiophene rings is 1. The molecule has 6 nitrogen and oxygen atoms in total. The molecule has 0 bridgehead atoms. The van der Waals surface area contributed by atoms with Crippen LogP contribution < -0.4 is 5.32 Å². The number of ether oxygens (including phenoxy) is 1. The molecule has 1 aliphatic rings. The van der Waals surface area contributed by atoms with Crippen molar-refractivity contribution in [2.75, 3.05) is 18.5 Å². The average Bonchev–Trinajstić information content (AvgIpc) is 3.38. The van der Waals surface area contributed by atoms with Gasteiger partial charge in [-0.3, -0.25) is 4.79 Å². The molecule has 2 amide bonds. The average molecular weight is 532 g/mol. The van der Waals surface area contributed by atoms with Crippen molar-refractivity contribution >= 4 is 73.1 Å². The van der Waals surface area contributed by atoms with Crippen molar-refractivity contribution in [2.45, 2.75) is 19.9 Å². The summed E-state index contributed by atoms with van der Waals surface area (Å²) in [5.74, 6) is -0.312. The normalized spacial score (nSPS) is 13.1. The standard InChI is InChI=1S/C24H19Cl2N3O3S2/c1-2-32-24(31)29-8-7-16-19(12-29)34-23(28-21(30)13-9-14(25)11-15(26)10-13)20(16)22-27-17-5-3-4-6-18(17)33-22/h3-6,9-11H,2,7-8,12H2,1H3,(H,28,30). The summed E-state index contributed by atoms with van der Waals surface area (Å²) in [6, 6.07) is 12.7. The van der Waals surface area contributed by atoms with Crippen LogP contribution in [0.2, 0.25) is 10.0 Å². The number of nitrogens with zero attached hydrogens (tertiary/aromatic N) is 2. The number of carbonyl (C=O) groups excluding carboxylic acids is 2. The fourth-order valence-electron chi connectivity index (χ4n) is 3.93. The molecule has 4 aromatic rings. The van der Waals surface area contributed by atoms with Crippen LogP contribution in [0.4, 0.5) is 9.80 Å². The smallest absolute Gasteiger partial charge is 0.410 e. The zero-order valence-corrected chi connectivity index (χ0v) is 21.2. The van der Waals surface area contributed by atoms with Crippen molar-refractivity contribution in [1.29, 1.82) is 0 Å². The molecule has 0 fully saturated rings. The lowest BCUT2D eigenvalue weighted by Crippen LogP contribution is -2.35. The Hall–Kier alpha value is -2.65. The van der Waals surface area contributed by atoms with E-state index in [1.807, 2.05) is 24.3 Å². The lowest BCUT2D eigenvalue weighted by Gasteiger charge is -2.26. The summed E-state index contributed by atoms with van der Waals surface area (Å²) in [5.41, 5.74) is 3.28. The fourth-order valence-corrected chi connectivity index (χ4v) is 6.82. The van der Waals surface area contributed by atoms with Crippen molar-refractivity contribution in [3.63, 3.8) is 0 Å². The highest BCUT2D eigenvalue weighted by atomic mass is 35.5. The zero-order valence-electron chi connectivity index (χ0n) is 18.1. The van der Waals surface area contributed by atoms with Gasteiger partial charge in [0.15, 0.2) is 0 Å². The molecule has 1 N–H and O–H groups in total. The summed E-state index contributed by atoms with van der Waals surface area (Å²) >= 11 is 15.2. The molecule has 0 unspecified atom stereocenters. The molecule has 2 aromatic carbocycles. The molecular weight excluding hydrogens is 513 g/mol. The molecule has 0 aliphatic carbocycles. The maximum Gasteiger partial charge on any atom is 0.410 e. The number of aromatic nitrogens is 1. The minimum Gasteiger partial charge on any atom is -0.450 e. The molecule has 0 atom stereocenters. The molecule has 5 rings (SSSR count). The minimum absolute atomic E-state index is 0.312. The van der Waals surface area contributed by atoms with Gasteiger partial charge in [-0.15, -0.1) is 22.7 Å². The van der Waals surface area contributed by atoms with Crippen molar-refractivity contribution < 1.29 is 14.3 Å². The monoisotopic (exact) mass is 531 g/mol. The zero-order chi connectivity index (χ0) is 23.8. The van der Waals surface area contributed by atoms with E-state index in [9.17, 15) is 9.59 Å². The second-order valence-corrected chi connectivity index (χ2v) is 10.7. The predicted octanol–water partition coefficient (Wildman–Crippen LogP) is 7.10. The van der Waals surface area contributed by atoms with Crippen LogP contribution >= 0.6 is 45.9 Å². The number of rotatable bonds is 4. The lowest BCUT2D eigenvalue weighted by atomic mass is 10.0. The Morgan fingerprint density at radius 1 is 1.15 bits per heavy atom. The first-order valence-electron chi connectivity index (χ1n) is 10.6. The SMILES string of the molecule is CCOC(=O)N1CCc2c(sc(NC(=O)c3cc(Cl)cc(Cl)c3)c2-c2nc3ccccc3s2)C1. The van der Waals surface area contributed by atoms with Crippen LogP contribution in [0.1, 0.15) is 27.7 Å². The van der Waals surface area contributed by atoms with Gasteiger partial charge in [0.25, 0.3) is 5.91 Å². The van der Waals surface area contributed by atoms with E-state index in [1.165, 1.54) is 11.3 Å². The number of thiazole rings is 1. The third kappa shape index (κ3) is 4.51. The van der Waals surface area contributed by atoms with E-state index in [2.05, 4.69) is 5.32 Å². The molecule has 174 valence electrons. The minimum atomic E-state index is -0.331. The van der Waals surface area contributed by atoms with Crippen LogP contribution in [-0.2, 0) is 17.7 Å². The fraction of sp³-hybridized carbons (Fsp3) is 0.208. The first kappa shape index (κ1) is 23.1. The van der Waals surface area contributed by atoms with Gasteiger partial charge < -0.3 is 15.0 Å². The molecular formula is C24H19Cl2N3O3S2. The Morgan fingerprint density at radius 3 is 2.65 bits per heavy atom. The Balaban J connectivity index is 1.56. The maximum atomic E-state index is 13.1. The number of hydrogen-bond donors (Lipinski definition) is 1. The Bertz CT molecular complexity index is 1360. The second-order valence-electron chi connectivity index (χ2n) is 7.68. The molecule has 0 radical (unpaired) electrons. The van der Waals surface area contributed by atoms with Crippen molar-refractivity contribution in [3.05, 3.63) is 68.5 Å². The van der Waals surface area contributed by atoms with Crippen molar-refractivity contribution in [2.24, 2.45) is 0 Å². The Labute approximate surface area is 214 Å². The van der Waals surface area contributed by atoms with Crippen LogP contribution in [0, 0.1) is 0 Å². The number of halogens is 2. The van der Waals surface area contributed by atoms with Crippen LogP contribution in [0.5, 0.6) is 0 Å². The van der Waals surface area contributed by atoms with Gasteiger partial charge in [0.05, 0.1) is 23.4 Å². The van der Waals surface area contributed by atoms with Crippen molar-refractivity contribution in [1.82, 2.24) is 9.88 Å². The van der Waals surface area contributed by atoms with E-state index < -0.39 is 0 Å². The molecule has 34 heavy (non-hydrogen) atoms. The Morgan fingerprint density at radius 2 is 1.91 bits per heavy atom. The molecule has 3 heterocycles. The van der Waals surface area contributed by atoms with Crippen LogP contribution in [-0.4, -0.2) is 35.0 Å². The summed E-state index contributed by atoms with van der Waals surface area (Å²) < 4.78 is 6.26. The van der Waals surface area contributed by atoms with Gasteiger partial charge in [-0.2, -0.15) is 0 Å². The van der Waals surface area contributed by atoms with Gasteiger partial charge in [0.2, 0.25) is 0 Å². The maximum absolute atomic E-state index is 13.1. The number of benzene rings is 2. The highest BCUT2D eigenvalue weighted by Gasteiger charge is 2.30. The van der Waals surface area contributed by atoms with E-state index in [0.29, 0.717) is 46.7 Å². The van der Waals surface area contributed by atoms with Gasteiger partial charge in [-0.05, 0) is 49.2 Å². The van der Waals surface area contributed by atoms with E-state index in [0.717, 1.165) is 31.2 Å². The molecule has 2 aromatic heterocycles. The van der Waals surface area contributed by atoms with Gasteiger partial charge in [-0.25, -0.2) is 9.78 Å². The van der Waals surface area contributed by atoms with Gasteiger partial charge in [0.1, 0.15) is 10.0 Å². The van der Waals surface area contributed by atoms with Crippen LogP contribution in [0.15, 0.2) is 42.5 Å². The Kier molecular flexibility index (Phi) is 6.48. The third-order valence-electron chi connectivity index (χ3n) is 5.44. The number of anilines is 1. The highest BCUT2D eigenvalue weighted by Crippen LogP contribution is 2.46. The van der Waals surface area contributed by atoms with Crippen LogP contribution in [0.25, 0.3) is 20.8 Å². The number of hydrogen-bond acceptors (Lipinski definition) is 6. The van der Waals surface area contributed by atoms with Crippen LogP contribution in [0.3, 0.4) is 0 Å². The summed E-state index contributed by atoms with van der Waals surface area (Å²) in [5, 5.41) is 5.35. The molecule has 0 saturated heterocycles. The van der Waals surface area contributed by atoms with E-state index in [1.54, 1.807) is 41.4 Å².